The quantitative estimate of drug-likeness (QED) is 0.268. The molecule has 1 N–H and O–H groups in total. The van der Waals surface area contributed by atoms with Crippen molar-refractivity contribution >= 4 is 23.9 Å². The van der Waals surface area contributed by atoms with E-state index in [4.69, 9.17) is 5.11 Å². The third-order valence-corrected chi connectivity index (χ3v) is 2.29. The Morgan fingerprint density at radius 1 is 0.595 bits per heavy atom. The molecular weight excluding hydrogens is 492 g/mol. The summed E-state index contributed by atoms with van der Waals surface area (Å²) < 4.78 is 30.9. The van der Waals surface area contributed by atoms with Crippen molar-refractivity contribution < 1.29 is 57.4 Å². The number of aliphatic hydroxyl groups excluding tert-OH is 1. The largest absolute Gasteiger partial charge is 0.469 e. The van der Waals surface area contributed by atoms with Crippen LogP contribution in [-0.2, 0) is 52.3 Å². The third-order valence-electron chi connectivity index (χ3n) is 2.29. The van der Waals surface area contributed by atoms with Crippen LogP contribution in [0, 0.1) is 0 Å². The highest BCUT2D eigenvalue weighted by molar-refractivity contribution is 5.70. The molecule has 0 atom stereocenters. The predicted molar refractivity (Wildman–Crippen MR) is 143 cm³/mol. The van der Waals surface area contributed by atoms with E-state index in [1.54, 1.807) is 34.8 Å². The molecule has 0 amide bonds. The topological polar surface area (TPSA) is 153 Å². The summed E-state index contributed by atoms with van der Waals surface area (Å²) in [7, 11) is 7.34. The maximum Gasteiger partial charge on any atom is 0.332 e. The Bertz CT molecular complexity index is 412. The van der Waals surface area contributed by atoms with Crippen molar-refractivity contribution in [1.82, 2.24) is 0 Å². The van der Waals surface area contributed by atoms with E-state index in [2.05, 4.69) is 47.0 Å². The van der Waals surface area contributed by atoms with Gasteiger partial charge in [-0.3, -0.25) is 14.4 Å². The zero-order valence-electron chi connectivity index (χ0n) is 25.6. The zero-order chi connectivity index (χ0) is 30.9. The second-order valence-electron chi connectivity index (χ2n) is 5.74. The summed E-state index contributed by atoms with van der Waals surface area (Å²) in [6.07, 6.45) is 2.12. The second-order valence-corrected chi connectivity index (χ2v) is 5.74. The Morgan fingerprint density at radius 2 is 0.973 bits per heavy atom. The molecule has 12 heteroatoms. The molecule has 0 saturated carbocycles. The van der Waals surface area contributed by atoms with E-state index in [1.807, 2.05) is 6.92 Å². The van der Waals surface area contributed by atoms with Gasteiger partial charge in [0.1, 0.15) is 6.61 Å². The molecule has 0 fully saturated rings. The number of ether oxygens (including phenoxy) is 7. The summed E-state index contributed by atoms with van der Waals surface area (Å²) in [5, 5.41) is 7.57. The predicted octanol–water partition coefficient (Wildman–Crippen LogP) is 3.56. The molecule has 0 bridgehead atoms. The molecule has 12 nitrogen and oxygen atoms in total. The van der Waals surface area contributed by atoms with Crippen LogP contribution in [0.25, 0.3) is 0 Å². The van der Waals surface area contributed by atoms with Crippen LogP contribution in [-0.4, -0.2) is 97.8 Å². The van der Waals surface area contributed by atoms with Gasteiger partial charge in [0.25, 0.3) is 0 Å². The van der Waals surface area contributed by atoms with Gasteiger partial charge in [-0.2, -0.15) is 0 Å². The van der Waals surface area contributed by atoms with Crippen LogP contribution in [0.4, 0.5) is 0 Å². The van der Waals surface area contributed by atoms with Gasteiger partial charge in [0, 0.05) is 54.3 Å². The number of rotatable bonds is 8. The minimum Gasteiger partial charge on any atom is -0.469 e. The standard InChI is InChI=1S/2C5H10O3.C4H8O2.C3H6O2.C3H8O.C3H8.C2H6O/c1-3-8-5(6)4-7-2;1-3-5(6)8-4-7-2;1-3-4(5)6-2;1-3(4)5-2;1-3-4-2;1-3-2;1-2-3/h2*3-4H2,1-2H3;3H2,1-2H3;1-2H3;3H2,1-2H3;3H2,1-2H3;3H,2H2,1H3. The van der Waals surface area contributed by atoms with Crippen LogP contribution >= 0.6 is 0 Å². The van der Waals surface area contributed by atoms with Crippen LogP contribution < -0.4 is 0 Å². The molecule has 0 saturated heterocycles. The molecule has 228 valence electrons. The molecule has 0 aliphatic carbocycles. The number of hydrogen-bond acceptors (Lipinski definition) is 12. The molecule has 0 aliphatic heterocycles. The van der Waals surface area contributed by atoms with Crippen LogP contribution in [0.5, 0.6) is 0 Å². The molecule has 0 rings (SSSR count). The van der Waals surface area contributed by atoms with Crippen LogP contribution in [0.15, 0.2) is 0 Å². The van der Waals surface area contributed by atoms with E-state index < -0.39 is 0 Å². The normalized spacial score (nSPS) is 7.73. The first-order valence-electron chi connectivity index (χ1n) is 11.9. The number of esters is 4. The maximum absolute atomic E-state index is 10.3. The SMILES string of the molecule is CCC.CCC(=O)OC.CCC(=O)OCOC.CCO.CCOC.CCOC(=O)COC.COC(C)=O. The highest BCUT2D eigenvalue weighted by Gasteiger charge is 1.96. The molecule has 0 aromatic rings. The maximum atomic E-state index is 10.3. The van der Waals surface area contributed by atoms with Crippen molar-refractivity contribution in [2.45, 2.75) is 74.7 Å². The summed E-state index contributed by atoms with van der Waals surface area (Å²) >= 11 is 0. The molecule has 0 aliphatic rings. The van der Waals surface area contributed by atoms with Crippen molar-refractivity contribution in [2.24, 2.45) is 0 Å². The van der Waals surface area contributed by atoms with Crippen LogP contribution in [0.2, 0.25) is 0 Å². The number of carbonyl (C=O) groups is 4. The molecule has 0 spiro atoms. The summed E-state index contributed by atoms with van der Waals surface area (Å²) in [5.74, 6) is -0.943. The van der Waals surface area contributed by atoms with Gasteiger partial charge in [0.15, 0.2) is 6.79 Å². The van der Waals surface area contributed by atoms with Crippen molar-refractivity contribution in [3.63, 3.8) is 0 Å². The average Bonchev–Trinajstić information content (AvgIpc) is 2.89. The first-order valence-corrected chi connectivity index (χ1v) is 11.9. The number of aliphatic hydroxyl groups is 1. The Hall–Kier alpha value is -2.28. The Labute approximate surface area is 225 Å². The highest BCUT2D eigenvalue weighted by Crippen LogP contribution is 1.82. The van der Waals surface area contributed by atoms with E-state index in [0.29, 0.717) is 19.4 Å². The fourth-order valence-corrected chi connectivity index (χ4v) is 0.692. The molecule has 37 heavy (non-hydrogen) atoms. The summed E-state index contributed by atoms with van der Waals surface area (Å²) in [5.41, 5.74) is 0. The Balaban J connectivity index is -0.0000000587. The summed E-state index contributed by atoms with van der Waals surface area (Å²) in [6.45, 7) is 16.1. The lowest BCUT2D eigenvalue weighted by Crippen LogP contribution is -2.10. The first kappa shape index (κ1) is 51.4. The molecular formula is C25H56O12. The summed E-state index contributed by atoms with van der Waals surface area (Å²) in [4.78, 5) is 40.1. The zero-order valence-corrected chi connectivity index (χ0v) is 25.6. The van der Waals surface area contributed by atoms with Crippen molar-refractivity contribution in [3.8, 4) is 0 Å². The Morgan fingerprint density at radius 3 is 1.14 bits per heavy atom. The fourth-order valence-electron chi connectivity index (χ4n) is 0.692. The fraction of sp³-hybridized carbons (Fsp3) is 0.840. The minimum absolute atomic E-state index is 0.0494. The lowest BCUT2D eigenvalue weighted by atomic mass is 10.5. The third kappa shape index (κ3) is 121. The lowest BCUT2D eigenvalue weighted by molar-refractivity contribution is -0.153. The molecule has 0 aromatic carbocycles. The van der Waals surface area contributed by atoms with Gasteiger partial charge >= 0.3 is 23.9 Å². The van der Waals surface area contributed by atoms with Gasteiger partial charge in [-0.25, -0.2) is 4.79 Å². The number of carbonyl (C=O) groups excluding carboxylic acids is 4. The van der Waals surface area contributed by atoms with E-state index in [-0.39, 0.29) is 43.9 Å². The van der Waals surface area contributed by atoms with Crippen molar-refractivity contribution in [1.29, 1.82) is 0 Å². The van der Waals surface area contributed by atoms with Gasteiger partial charge < -0.3 is 38.3 Å². The Kier molecular flexibility index (Phi) is 82.0. The van der Waals surface area contributed by atoms with Gasteiger partial charge in [-0.05, 0) is 20.8 Å². The summed E-state index contributed by atoms with van der Waals surface area (Å²) in [6, 6.07) is 0. The number of methoxy groups -OCH3 is 5. The second kappa shape index (κ2) is 59.1. The van der Waals surface area contributed by atoms with Gasteiger partial charge in [-0.15, -0.1) is 0 Å². The van der Waals surface area contributed by atoms with E-state index in [9.17, 15) is 19.2 Å². The van der Waals surface area contributed by atoms with Gasteiger partial charge in [0.05, 0.1) is 20.8 Å². The molecule has 0 radical (unpaired) electrons. The van der Waals surface area contributed by atoms with Crippen LogP contribution in [0.1, 0.15) is 74.7 Å². The van der Waals surface area contributed by atoms with Gasteiger partial charge in [-0.1, -0.05) is 34.1 Å². The molecule has 0 heterocycles. The smallest absolute Gasteiger partial charge is 0.332 e. The van der Waals surface area contributed by atoms with E-state index in [0.717, 1.165) is 6.61 Å². The van der Waals surface area contributed by atoms with E-state index >= 15 is 0 Å². The van der Waals surface area contributed by atoms with Gasteiger partial charge in [0.2, 0.25) is 0 Å². The monoisotopic (exact) mass is 548 g/mol. The minimum atomic E-state index is -0.310. The number of hydrogen-bond donors (Lipinski definition) is 1. The lowest BCUT2D eigenvalue weighted by Gasteiger charge is -1.97. The van der Waals surface area contributed by atoms with Crippen molar-refractivity contribution in [3.05, 3.63) is 0 Å². The van der Waals surface area contributed by atoms with Crippen LogP contribution in [0.3, 0.4) is 0 Å². The van der Waals surface area contributed by atoms with E-state index in [1.165, 1.54) is 41.8 Å². The average molecular weight is 549 g/mol. The highest BCUT2D eigenvalue weighted by atomic mass is 16.7. The molecule has 0 unspecified atom stereocenters. The first-order chi connectivity index (χ1) is 17.4. The van der Waals surface area contributed by atoms with Crippen molar-refractivity contribution in [2.75, 3.05) is 68.8 Å². The molecule has 0 aromatic heterocycles.